The zero-order chi connectivity index (χ0) is 28.9. The third-order valence-electron chi connectivity index (χ3n) is 5.55. The Balaban J connectivity index is 2.00. The van der Waals surface area contributed by atoms with E-state index in [1.807, 2.05) is 0 Å². The van der Waals surface area contributed by atoms with Gasteiger partial charge in [-0.15, -0.1) is 0 Å². The van der Waals surface area contributed by atoms with Gasteiger partial charge in [-0.25, -0.2) is 17.8 Å². The zero-order valence-electron chi connectivity index (χ0n) is 21.1. The minimum Gasteiger partial charge on any atom is -0.480 e. The highest BCUT2D eigenvalue weighted by atomic mass is 35.5. The number of pyridine rings is 1. The van der Waals surface area contributed by atoms with Gasteiger partial charge in [0, 0.05) is 25.9 Å². The third-order valence-corrected chi connectivity index (χ3v) is 7.39. The number of ether oxygens (including phenoxy) is 1. The van der Waals surface area contributed by atoms with E-state index in [1.54, 1.807) is 6.07 Å². The summed E-state index contributed by atoms with van der Waals surface area (Å²) in [6.07, 6.45) is -0.0335. The van der Waals surface area contributed by atoms with Crippen LogP contribution in [-0.4, -0.2) is 75.8 Å². The first-order chi connectivity index (χ1) is 18.4. The lowest BCUT2D eigenvalue weighted by molar-refractivity contribution is -0.129. The van der Waals surface area contributed by atoms with Crippen molar-refractivity contribution in [3.05, 3.63) is 65.1 Å². The average molecular weight is 578 g/mol. The molecular weight excluding hydrogens is 553 g/mol. The van der Waals surface area contributed by atoms with Crippen molar-refractivity contribution < 1.29 is 32.2 Å². The summed E-state index contributed by atoms with van der Waals surface area (Å²) in [4.78, 5) is 33.6. The maximum atomic E-state index is 13.4. The number of hydrogen-bond donors (Lipinski definition) is 3. The number of sulfonamides is 1. The van der Waals surface area contributed by atoms with Crippen LogP contribution in [0.2, 0.25) is 5.02 Å². The van der Waals surface area contributed by atoms with Crippen LogP contribution in [-0.2, 0) is 14.8 Å². The van der Waals surface area contributed by atoms with Crippen molar-refractivity contribution in [3.8, 4) is 17.0 Å². The van der Waals surface area contributed by atoms with Crippen LogP contribution in [0.1, 0.15) is 10.4 Å². The Morgan fingerprint density at radius 2 is 1.95 bits per heavy atom. The van der Waals surface area contributed by atoms with Gasteiger partial charge in [0.2, 0.25) is 11.8 Å². The molecule has 1 aromatic heterocycles. The van der Waals surface area contributed by atoms with E-state index in [0.29, 0.717) is 11.1 Å². The normalized spacial score (nSPS) is 11.8. The molecule has 0 spiro atoms. The molecule has 2 amide bonds. The summed E-state index contributed by atoms with van der Waals surface area (Å²) >= 11 is 5.95. The summed E-state index contributed by atoms with van der Waals surface area (Å²) in [5, 5.41) is 12.0. The number of carbonyl (C=O) groups excluding carboxylic acids is 2. The van der Waals surface area contributed by atoms with Gasteiger partial charge >= 0.3 is 0 Å². The van der Waals surface area contributed by atoms with Crippen molar-refractivity contribution in [1.82, 2.24) is 15.2 Å². The van der Waals surface area contributed by atoms with Crippen molar-refractivity contribution in [2.24, 2.45) is 4.99 Å². The Bertz CT molecular complexity index is 1540. The highest BCUT2D eigenvalue weighted by Crippen LogP contribution is 2.33. The number of benzene rings is 2. The van der Waals surface area contributed by atoms with Crippen LogP contribution < -0.4 is 14.8 Å². The van der Waals surface area contributed by atoms with Gasteiger partial charge in [-0.1, -0.05) is 17.7 Å². The predicted molar refractivity (Wildman–Crippen MR) is 145 cm³/mol. The Labute approximate surface area is 229 Å². The maximum Gasteiger partial charge on any atom is 0.263 e. The van der Waals surface area contributed by atoms with Crippen LogP contribution in [0.25, 0.3) is 11.1 Å². The average Bonchev–Trinajstić information content (AvgIpc) is 2.91. The minimum atomic E-state index is -4.27. The van der Waals surface area contributed by atoms with Crippen LogP contribution in [0, 0.1) is 5.82 Å². The van der Waals surface area contributed by atoms with Crippen molar-refractivity contribution in [3.63, 3.8) is 0 Å². The highest BCUT2D eigenvalue weighted by molar-refractivity contribution is 7.92. The molecule has 0 unspecified atom stereocenters. The molecule has 0 bridgehead atoms. The van der Waals surface area contributed by atoms with Gasteiger partial charge in [-0.05, 0) is 48.7 Å². The van der Waals surface area contributed by atoms with Crippen LogP contribution in [0.5, 0.6) is 5.88 Å². The Kier molecular flexibility index (Phi) is 9.22. The lowest BCUT2D eigenvalue weighted by Crippen LogP contribution is -2.42. The maximum absolute atomic E-state index is 13.4. The van der Waals surface area contributed by atoms with Crippen molar-refractivity contribution >= 4 is 51.5 Å². The van der Waals surface area contributed by atoms with E-state index in [2.05, 4.69) is 26.7 Å². The highest BCUT2D eigenvalue weighted by Gasteiger charge is 2.24. The van der Waals surface area contributed by atoms with Crippen LogP contribution >= 0.6 is 11.6 Å². The van der Waals surface area contributed by atoms with Gasteiger partial charge in [0.05, 0.1) is 29.9 Å². The van der Waals surface area contributed by atoms with E-state index in [1.165, 1.54) is 45.6 Å². The molecule has 11 nitrogen and oxygen atoms in total. The van der Waals surface area contributed by atoms with Crippen LogP contribution in [0.3, 0.4) is 0 Å². The molecule has 39 heavy (non-hydrogen) atoms. The number of aliphatic hydroxyl groups is 1. The van der Waals surface area contributed by atoms with Crippen LogP contribution in [0.4, 0.5) is 15.8 Å². The molecule has 1 atom stereocenters. The second-order valence-electron chi connectivity index (χ2n) is 8.17. The summed E-state index contributed by atoms with van der Waals surface area (Å²) in [5.41, 5.74) is 1.18. The van der Waals surface area contributed by atoms with Gasteiger partial charge in [-0.3, -0.25) is 19.3 Å². The predicted octanol–water partition coefficient (Wildman–Crippen LogP) is 2.86. The lowest BCUT2D eigenvalue weighted by Gasteiger charge is -2.21. The summed E-state index contributed by atoms with van der Waals surface area (Å²) in [7, 11) is -0.189. The number of nitrogens with one attached hydrogen (secondary N) is 2. The van der Waals surface area contributed by atoms with Crippen molar-refractivity contribution in [2.75, 3.05) is 32.5 Å². The van der Waals surface area contributed by atoms with Gasteiger partial charge in [0.15, 0.2) is 0 Å². The Morgan fingerprint density at radius 3 is 2.56 bits per heavy atom. The van der Waals surface area contributed by atoms with E-state index < -0.39 is 33.8 Å². The molecule has 3 aromatic rings. The molecule has 2 aromatic carbocycles. The molecule has 14 heteroatoms. The van der Waals surface area contributed by atoms with E-state index in [0.717, 1.165) is 23.1 Å². The number of anilines is 1. The first-order valence-electron chi connectivity index (χ1n) is 11.2. The third kappa shape index (κ3) is 6.69. The molecule has 0 aliphatic carbocycles. The number of aliphatic hydroxyl groups excluding tert-OH is 1. The number of methoxy groups -OCH3 is 1. The first-order valence-corrected chi connectivity index (χ1v) is 13.1. The number of amides is 2. The molecule has 3 N–H and O–H groups in total. The lowest BCUT2D eigenvalue weighted by atomic mass is 10.0. The second-order valence-corrected chi connectivity index (χ2v) is 10.2. The number of nitrogens with zero attached hydrogens (tertiary/aromatic N) is 3. The molecule has 0 aliphatic heterocycles. The van der Waals surface area contributed by atoms with Crippen molar-refractivity contribution in [2.45, 2.75) is 11.0 Å². The smallest absolute Gasteiger partial charge is 0.263 e. The van der Waals surface area contributed by atoms with Gasteiger partial charge in [0.1, 0.15) is 22.5 Å². The fourth-order valence-corrected chi connectivity index (χ4v) is 5.14. The van der Waals surface area contributed by atoms with E-state index in [9.17, 15) is 27.5 Å². The second kappa shape index (κ2) is 12.2. The first kappa shape index (κ1) is 29.5. The topological polar surface area (TPSA) is 150 Å². The number of hydrogen-bond acceptors (Lipinski definition) is 8. The molecule has 1 heterocycles. The van der Waals surface area contributed by atoms with E-state index in [-0.39, 0.29) is 39.3 Å². The Hall–Kier alpha value is -4.07. The van der Waals surface area contributed by atoms with Gasteiger partial charge < -0.3 is 20.1 Å². The number of likely N-dealkylation sites (N-methyl/N-ethyl adjacent to an activating group) is 2. The monoisotopic (exact) mass is 577 g/mol. The van der Waals surface area contributed by atoms with E-state index in [4.69, 9.17) is 16.3 Å². The number of carbonyl (C=O) groups is 2. The molecule has 0 saturated carbocycles. The quantitative estimate of drug-likeness (QED) is 0.313. The van der Waals surface area contributed by atoms with Gasteiger partial charge in [-0.2, -0.15) is 0 Å². The largest absolute Gasteiger partial charge is 0.480 e. The summed E-state index contributed by atoms with van der Waals surface area (Å²) < 4.78 is 47.0. The minimum absolute atomic E-state index is 0.0417. The number of halogens is 2. The van der Waals surface area contributed by atoms with E-state index >= 15 is 0 Å². The standard InChI is InChI=1S/C25H25ClFN5O6S/c1-28-19-7-5-14(9-17(19)25(35)32(3)13-21(33)23(34)29-2)15-10-20(24(38-4)30-12-15)31-39(36,37)22-8-6-16(27)11-18(22)26/h5-12,21,31,33H,1,13H2,2-4H3,(H,29,34)/t21-/m0/s1. The zero-order valence-corrected chi connectivity index (χ0v) is 22.7. The molecule has 0 fully saturated rings. The van der Waals surface area contributed by atoms with Crippen molar-refractivity contribution in [1.29, 1.82) is 0 Å². The fraction of sp³-hybridized carbons (Fsp3) is 0.200. The molecular formula is C25H25ClFN5O6S. The SMILES string of the molecule is C=Nc1ccc(-c2cnc(OC)c(NS(=O)(=O)c3ccc(F)cc3Cl)c2)cc1C(=O)N(C)C[C@H](O)C(=O)NC. The number of aliphatic imine (C=N–C) groups is 1. The number of aromatic nitrogens is 1. The number of rotatable bonds is 10. The van der Waals surface area contributed by atoms with Crippen LogP contribution in [0.15, 0.2) is 58.5 Å². The molecule has 0 saturated heterocycles. The molecule has 206 valence electrons. The van der Waals surface area contributed by atoms with Gasteiger partial charge in [0.25, 0.3) is 15.9 Å². The molecule has 0 aliphatic rings. The summed E-state index contributed by atoms with van der Waals surface area (Å²) in [6.45, 7) is 3.21. The molecule has 0 radical (unpaired) electrons. The molecule has 3 rings (SSSR count). The summed E-state index contributed by atoms with van der Waals surface area (Å²) in [5.74, 6) is -1.94. The Morgan fingerprint density at radius 1 is 1.23 bits per heavy atom. The fourth-order valence-electron chi connectivity index (χ4n) is 3.56. The summed E-state index contributed by atoms with van der Waals surface area (Å²) in [6, 6.07) is 8.95.